The molecule has 60 valence electrons. The molecule has 1 N–H and O–H groups in total. The Morgan fingerprint density at radius 2 is 1.91 bits per heavy atom. The molecule has 1 fully saturated rings. The van der Waals surface area contributed by atoms with Crippen molar-refractivity contribution < 1.29 is 5.11 Å². The fourth-order valence-corrected chi connectivity index (χ4v) is 1.53. The van der Waals surface area contributed by atoms with Crippen LogP contribution in [-0.4, -0.2) is 10.7 Å². The maximum atomic E-state index is 9.82. The van der Waals surface area contributed by atoms with E-state index >= 15 is 0 Å². The smallest absolute Gasteiger partial charge is 0.0836 e. The molecule has 0 amide bonds. The van der Waals surface area contributed by atoms with E-state index in [1.54, 1.807) is 12.2 Å². The van der Waals surface area contributed by atoms with Gasteiger partial charge in [-0.1, -0.05) is 25.2 Å². The van der Waals surface area contributed by atoms with Gasteiger partial charge in [0, 0.05) is 0 Å². The lowest BCUT2D eigenvalue weighted by atomic mass is 9.85. The predicted molar refractivity (Wildman–Crippen MR) is 46.0 cm³/mol. The first kappa shape index (κ1) is 8.36. The highest BCUT2D eigenvalue weighted by atomic mass is 16.3. The summed E-state index contributed by atoms with van der Waals surface area (Å²) < 4.78 is 0. The van der Waals surface area contributed by atoms with Crippen LogP contribution < -0.4 is 0 Å². The van der Waals surface area contributed by atoms with Gasteiger partial charge in [-0.05, 0) is 25.0 Å². The van der Waals surface area contributed by atoms with E-state index in [0.29, 0.717) is 0 Å². The molecule has 0 aliphatic heterocycles. The summed E-state index contributed by atoms with van der Waals surface area (Å²) in [6, 6.07) is 0. The number of terminal acetylenes is 1. The minimum Gasteiger partial charge on any atom is -0.386 e. The zero-order valence-electron chi connectivity index (χ0n) is 6.71. The molecule has 1 aliphatic rings. The van der Waals surface area contributed by atoms with Crippen LogP contribution in [0.25, 0.3) is 0 Å². The van der Waals surface area contributed by atoms with E-state index in [-0.39, 0.29) is 0 Å². The molecule has 1 heteroatoms. The molecule has 1 saturated carbocycles. The van der Waals surface area contributed by atoms with Crippen molar-refractivity contribution in [3.05, 3.63) is 12.2 Å². The van der Waals surface area contributed by atoms with Crippen molar-refractivity contribution in [2.24, 2.45) is 0 Å². The first-order valence-electron chi connectivity index (χ1n) is 4.13. The standard InChI is InChI=1S/C10H14O/c1-2-3-7-10(11)8-5-4-6-9-10/h1,3,7,11H,4-6,8-9H2/b7-3+. The molecule has 0 heterocycles. The molecule has 0 spiro atoms. The lowest BCUT2D eigenvalue weighted by Gasteiger charge is -2.28. The summed E-state index contributed by atoms with van der Waals surface area (Å²) in [6.45, 7) is 0. The molecular formula is C10H14O. The van der Waals surface area contributed by atoms with Crippen LogP contribution in [0.3, 0.4) is 0 Å². The highest BCUT2D eigenvalue weighted by Crippen LogP contribution is 2.28. The van der Waals surface area contributed by atoms with Gasteiger partial charge in [-0.3, -0.25) is 0 Å². The summed E-state index contributed by atoms with van der Waals surface area (Å²) in [4.78, 5) is 0. The van der Waals surface area contributed by atoms with Crippen molar-refractivity contribution >= 4 is 0 Å². The Balaban J connectivity index is 2.51. The monoisotopic (exact) mass is 150 g/mol. The summed E-state index contributed by atoms with van der Waals surface area (Å²) in [5, 5.41) is 9.82. The molecule has 1 aliphatic carbocycles. The first-order valence-corrected chi connectivity index (χ1v) is 4.13. The maximum Gasteiger partial charge on any atom is 0.0836 e. The van der Waals surface area contributed by atoms with Crippen LogP contribution in [0.5, 0.6) is 0 Å². The Morgan fingerprint density at radius 3 is 2.45 bits per heavy atom. The fraction of sp³-hybridized carbons (Fsp3) is 0.600. The largest absolute Gasteiger partial charge is 0.386 e. The van der Waals surface area contributed by atoms with Crippen molar-refractivity contribution in [3.63, 3.8) is 0 Å². The van der Waals surface area contributed by atoms with Crippen LogP contribution >= 0.6 is 0 Å². The molecule has 0 unspecified atom stereocenters. The average molecular weight is 150 g/mol. The van der Waals surface area contributed by atoms with E-state index in [1.165, 1.54) is 6.42 Å². The average Bonchev–Trinajstić information content (AvgIpc) is 2.03. The van der Waals surface area contributed by atoms with Gasteiger partial charge < -0.3 is 5.11 Å². The van der Waals surface area contributed by atoms with Crippen LogP contribution in [0.15, 0.2) is 12.2 Å². The molecule has 0 aromatic heterocycles. The molecule has 0 aromatic carbocycles. The number of hydrogen-bond acceptors (Lipinski definition) is 1. The fourth-order valence-electron chi connectivity index (χ4n) is 1.53. The summed E-state index contributed by atoms with van der Waals surface area (Å²) in [6.07, 6.45) is 13.6. The van der Waals surface area contributed by atoms with Crippen molar-refractivity contribution in [2.75, 3.05) is 0 Å². The van der Waals surface area contributed by atoms with E-state index in [9.17, 15) is 5.11 Å². The van der Waals surface area contributed by atoms with Crippen LogP contribution in [0.1, 0.15) is 32.1 Å². The van der Waals surface area contributed by atoms with Gasteiger partial charge in [-0.2, -0.15) is 0 Å². The van der Waals surface area contributed by atoms with E-state index < -0.39 is 5.60 Å². The topological polar surface area (TPSA) is 20.2 Å². The Morgan fingerprint density at radius 1 is 1.27 bits per heavy atom. The minimum absolute atomic E-state index is 0.593. The highest BCUT2D eigenvalue weighted by molar-refractivity contribution is 5.15. The minimum atomic E-state index is -0.593. The lowest BCUT2D eigenvalue weighted by Crippen LogP contribution is -2.28. The molecule has 0 radical (unpaired) electrons. The highest BCUT2D eigenvalue weighted by Gasteiger charge is 2.25. The Bertz CT molecular complexity index is 180. The molecule has 0 saturated heterocycles. The number of aliphatic hydroxyl groups is 1. The van der Waals surface area contributed by atoms with E-state index in [1.807, 2.05) is 0 Å². The lowest BCUT2D eigenvalue weighted by molar-refractivity contribution is 0.0514. The Labute approximate surface area is 68.1 Å². The van der Waals surface area contributed by atoms with E-state index in [4.69, 9.17) is 6.42 Å². The number of hydrogen-bond donors (Lipinski definition) is 1. The van der Waals surface area contributed by atoms with Crippen LogP contribution in [0.4, 0.5) is 0 Å². The van der Waals surface area contributed by atoms with Crippen molar-refractivity contribution in [1.29, 1.82) is 0 Å². The SMILES string of the molecule is C#C/C=C/C1(O)CCCCC1. The summed E-state index contributed by atoms with van der Waals surface area (Å²) in [5.41, 5.74) is -0.593. The molecule has 0 aromatic rings. The molecule has 0 bridgehead atoms. The summed E-state index contributed by atoms with van der Waals surface area (Å²) >= 11 is 0. The third-order valence-electron chi connectivity index (χ3n) is 2.21. The maximum absolute atomic E-state index is 9.82. The second kappa shape index (κ2) is 3.59. The molecule has 0 atom stereocenters. The molecule has 1 rings (SSSR count). The Hall–Kier alpha value is -0.740. The zero-order valence-corrected chi connectivity index (χ0v) is 6.71. The van der Waals surface area contributed by atoms with Gasteiger partial charge in [-0.15, -0.1) is 6.42 Å². The first-order chi connectivity index (χ1) is 5.27. The van der Waals surface area contributed by atoms with E-state index in [2.05, 4.69) is 5.92 Å². The van der Waals surface area contributed by atoms with E-state index in [0.717, 1.165) is 25.7 Å². The van der Waals surface area contributed by atoms with Gasteiger partial charge >= 0.3 is 0 Å². The van der Waals surface area contributed by atoms with Gasteiger partial charge in [0.15, 0.2) is 0 Å². The Kier molecular flexibility index (Phi) is 2.73. The third kappa shape index (κ3) is 2.40. The quantitative estimate of drug-likeness (QED) is 0.566. The van der Waals surface area contributed by atoms with Gasteiger partial charge in [0.25, 0.3) is 0 Å². The number of rotatable bonds is 1. The van der Waals surface area contributed by atoms with Gasteiger partial charge in [0.05, 0.1) is 5.60 Å². The summed E-state index contributed by atoms with van der Waals surface area (Å²) in [7, 11) is 0. The molecule has 1 nitrogen and oxygen atoms in total. The molecular weight excluding hydrogens is 136 g/mol. The van der Waals surface area contributed by atoms with Crippen molar-refractivity contribution in [3.8, 4) is 12.3 Å². The third-order valence-corrected chi connectivity index (χ3v) is 2.21. The van der Waals surface area contributed by atoms with Crippen molar-refractivity contribution in [2.45, 2.75) is 37.7 Å². The van der Waals surface area contributed by atoms with Crippen LogP contribution in [-0.2, 0) is 0 Å². The summed E-state index contributed by atoms with van der Waals surface area (Å²) in [5.74, 6) is 2.40. The normalized spacial score (nSPS) is 23.3. The second-order valence-corrected chi connectivity index (χ2v) is 3.16. The second-order valence-electron chi connectivity index (χ2n) is 3.16. The number of allylic oxidation sites excluding steroid dienone is 1. The van der Waals surface area contributed by atoms with Crippen LogP contribution in [0.2, 0.25) is 0 Å². The van der Waals surface area contributed by atoms with Gasteiger partial charge in [0.2, 0.25) is 0 Å². The molecule has 11 heavy (non-hydrogen) atoms. The zero-order chi connectivity index (χ0) is 8.16. The van der Waals surface area contributed by atoms with Crippen LogP contribution in [0, 0.1) is 12.3 Å². The predicted octanol–water partition coefficient (Wildman–Crippen LogP) is 1.87. The van der Waals surface area contributed by atoms with Gasteiger partial charge in [-0.25, -0.2) is 0 Å². The van der Waals surface area contributed by atoms with Gasteiger partial charge in [0.1, 0.15) is 0 Å². The van der Waals surface area contributed by atoms with Crippen molar-refractivity contribution in [1.82, 2.24) is 0 Å².